The van der Waals surface area contributed by atoms with E-state index in [1.54, 1.807) is 83.1 Å². The molecule has 12 N–H and O–H groups in total. The summed E-state index contributed by atoms with van der Waals surface area (Å²) in [5.74, 6) is 2.20. The van der Waals surface area contributed by atoms with Gasteiger partial charge in [0.25, 0.3) is 11.8 Å². The number of aromatic nitrogens is 5. The van der Waals surface area contributed by atoms with Crippen molar-refractivity contribution in [3.8, 4) is 0 Å². The van der Waals surface area contributed by atoms with E-state index in [1.807, 2.05) is 73.3 Å². The van der Waals surface area contributed by atoms with Crippen LogP contribution in [0, 0.1) is 0 Å². The Balaban J connectivity index is 0.000000191. The van der Waals surface area contributed by atoms with Crippen LogP contribution in [0.25, 0.3) is 0 Å². The quantitative estimate of drug-likeness (QED) is 0.106. The van der Waals surface area contributed by atoms with E-state index in [0.717, 1.165) is 94.5 Å². The Labute approximate surface area is 558 Å². The first-order chi connectivity index (χ1) is 44.8. The number of amides is 7. The van der Waals surface area contributed by atoms with Gasteiger partial charge in [0.15, 0.2) is 0 Å². The average molecular weight is 1310 g/mol. The Hall–Kier alpha value is -9.44. The maximum absolute atomic E-state index is 12.6. The van der Waals surface area contributed by atoms with Crippen molar-refractivity contribution in [3.63, 3.8) is 0 Å². The van der Waals surface area contributed by atoms with Gasteiger partial charge in [0.1, 0.15) is 40.3 Å². The van der Waals surface area contributed by atoms with Crippen LogP contribution in [-0.4, -0.2) is 235 Å². The van der Waals surface area contributed by atoms with E-state index in [1.165, 1.54) is 6.20 Å². The molecule has 0 radical (unpaired) electrons. The van der Waals surface area contributed by atoms with Crippen LogP contribution >= 0.6 is 0 Å². The second kappa shape index (κ2) is 34.6. The number of nitrogens with two attached hydrogens (primary N) is 6. The highest BCUT2D eigenvalue weighted by molar-refractivity contribution is 5.94. The second-order valence-electron chi connectivity index (χ2n) is 26.5. The number of pyridine rings is 5. The van der Waals surface area contributed by atoms with Crippen molar-refractivity contribution in [1.82, 2.24) is 64.1 Å². The highest BCUT2D eigenvalue weighted by Gasteiger charge is 2.55. The second-order valence-corrected chi connectivity index (χ2v) is 26.5. The van der Waals surface area contributed by atoms with Crippen molar-refractivity contribution in [2.45, 2.75) is 122 Å². The normalized spacial score (nSPS) is 16.3. The van der Waals surface area contributed by atoms with Gasteiger partial charge in [-0.05, 0) is 160 Å². The summed E-state index contributed by atoms with van der Waals surface area (Å²) in [6.45, 7) is 19.8. The van der Waals surface area contributed by atoms with Crippen LogP contribution in [0.4, 0.5) is 38.7 Å². The lowest BCUT2D eigenvalue weighted by Gasteiger charge is -2.42. The van der Waals surface area contributed by atoms with E-state index in [-0.39, 0.29) is 47.3 Å². The number of nitrogen functional groups attached to an aromatic ring is 5. The van der Waals surface area contributed by atoms with Gasteiger partial charge in [0.2, 0.25) is 17.7 Å². The Morgan fingerprint density at radius 2 is 0.884 bits per heavy atom. The lowest BCUT2D eigenvalue weighted by Crippen LogP contribution is -2.59. The number of piperazine rings is 3. The molecule has 5 aromatic rings. The average Bonchev–Trinajstić information content (AvgIpc) is 1.60. The zero-order valence-corrected chi connectivity index (χ0v) is 56.7. The highest BCUT2D eigenvalue weighted by Crippen LogP contribution is 2.45. The number of anilines is 5. The van der Waals surface area contributed by atoms with Crippen molar-refractivity contribution in [2.24, 2.45) is 5.73 Å². The maximum atomic E-state index is 12.6. The fraction of sp³-hybridized carbons (Fsp3) is 0.522. The van der Waals surface area contributed by atoms with E-state index in [4.69, 9.17) is 43.9 Å². The number of nitrogens with zero attached hydrogens (tertiary/aromatic N) is 13. The summed E-state index contributed by atoms with van der Waals surface area (Å²) in [6.07, 6.45) is 13.9. The van der Waals surface area contributed by atoms with Gasteiger partial charge >= 0.3 is 12.2 Å². The molecule has 1 aliphatic carbocycles. The number of ether oxygens (including phenoxy) is 2. The molecule has 1 spiro atoms. The molecule has 4 saturated heterocycles. The molecule has 516 valence electrons. The van der Waals surface area contributed by atoms with Crippen LogP contribution in [0.1, 0.15) is 117 Å². The molecular weight excluding hydrogens is 1210 g/mol. The van der Waals surface area contributed by atoms with Crippen molar-refractivity contribution in [3.05, 3.63) is 119 Å². The van der Waals surface area contributed by atoms with E-state index >= 15 is 0 Å². The van der Waals surface area contributed by atoms with Gasteiger partial charge in [-0.1, -0.05) is 18.2 Å². The standard InChI is InChI=1S/C18H26N4O3.C16H24N4O3.C13H20N4O.C11H16N4O.C9H13N3O/c1-17(2,3)25-16(24)22-9-8-21(12-18(22)6-7-18)15(23)10-13-4-5-14(19)20-11-13;1-16(2,3)23-15(22)20-8-6-19(7-9-20)14(21)10-12-4-5-13(17)18-11-12;1-16(2)11-5-7-17(8-6-11)13(18)10-3-4-12(14)15-9-10;1-14-4-6-15(7-5-14)11(16)9-2-3-10(12)13-8-9;10-8-5-4-7(6-12-8)2-1-3-9(11)13/h4-5,11H,6-10,12H2,1-3H3,(H2,19,20);4-5,11H,6-10H2,1-3H3,(H2,17,18);3-4,9,11H,5-8H2,1-2H3,(H2,14,15);2-3,8H,4-7H2,1H3,(H2,12,13);4-6H,1-3H2,(H2,10,12)(H2,11,13). The third-order valence-electron chi connectivity index (χ3n) is 16.2. The number of likely N-dealkylation sites (N-methyl/N-ethyl adjacent to an activating group) is 1. The minimum absolute atomic E-state index is 0.0282. The van der Waals surface area contributed by atoms with E-state index in [2.05, 4.69) is 55.9 Å². The third-order valence-corrected chi connectivity index (χ3v) is 16.2. The van der Waals surface area contributed by atoms with Crippen molar-refractivity contribution in [2.75, 3.05) is 135 Å². The first-order valence-corrected chi connectivity index (χ1v) is 32.2. The zero-order valence-electron chi connectivity index (χ0n) is 56.7. The van der Waals surface area contributed by atoms with Gasteiger partial charge in [0, 0.05) is 129 Å². The van der Waals surface area contributed by atoms with Crippen LogP contribution in [0.3, 0.4) is 0 Å². The summed E-state index contributed by atoms with van der Waals surface area (Å²) in [4.78, 5) is 119. The first kappa shape index (κ1) is 74.6. The monoisotopic (exact) mass is 1310 g/mol. The lowest BCUT2D eigenvalue weighted by atomic mass is 10.0. The van der Waals surface area contributed by atoms with Gasteiger partial charge in [-0.2, -0.15) is 0 Å². The minimum atomic E-state index is -0.512. The van der Waals surface area contributed by atoms with E-state index < -0.39 is 11.2 Å². The number of hydrogen-bond acceptors (Lipinski definition) is 21. The van der Waals surface area contributed by atoms with Gasteiger partial charge in [-0.3, -0.25) is 28.9 Å². The Kier molecular flexibility index (Phi) is 27.2. The Bertz CT molecular complexity index is 3280. The molecule has 5 aromatic heterocycles. The van der Waals surface area contributed by atoms with Crippen LogP contribution in [0.2, 0.25) is 0 Å². The SMILES string of the molecule is CC(C)(C)OC(=O)N1CCN(C(=O)Cc2ccc(N)nc2)CC1.CC(C)(C)OC(=O)N1CCN(C(=O)Cc2ccc(N)nc2)CC12CC2.CN(C)C1CCN(C(=O)c2ccc(N)nc2)CC1.CN1CCN(C(=O)c2ccc(N)nc2)CC1.NC(=O)CCCc1ccc(N)nc1. The molecule has 10 rings (SSSR count). The van der Waals surface area contributed by atoms with Crippen molar-refractivity contribution in [1.29, 1.82) is 0 Å². The molecule has 0 bridgehead atoms. The number of aryl methyl sites for hydroxylation is 1. The highest BCUT2D eigenvalue weighted by atomic mass is 16.6. The molecule has 95 heavy (non-hydrogen) atoms. The summed E-state index contributed by atoms with van der Waals surface area (Å²) in [5, 5.41) is 0. The molecule has 28 heteroatoms. The minimum Gasteiger partial charge on any atom is -0.444 e. The summed E-state index contributed by atoms with van der Waals surface area (Å²) in [6, 6.07) is 18.0. The Morgan fingerprint density at radius 3 is 1.28 bits per heavy atom. The topological polar surface area (TPSA) is 384 Å². The molecule has 9 heterocycles. The van der Waals surface area contributed by atoms with Crippen molar-refractivity contribution < 1.29 is 43.0 Å². The van der Waals surface area contributed by atoms with Crippen LogP contribution in [0.15, 0.2) is 91.6 Å². The largest absolute Gasteiger partial charge is 0.444 e. The smallest absolute Gasteiger partial charge is 0.410 e. The molecule has 7 amide bonds. The van der Waals surface area contributed by atoms with Gasteiger partial charge in [0.05, 0.1) is 29.5 Å². The molecule has 4 aliphatic heterocycles. The molecule has 0 aromatic carbocycles. The summed E-state index contributed by atoms with van der Waals surface area (Å²) < 4.78 is 10.9. The lowest BCUT2D eigenvalue weighted by molar-refractivity contribution is -0.134. The van der Waals surface area contributed by atoms with Crippen LogP contribution < -0.4 is 34.4 Å². The maximum Gasteiger partial charge on any atom is 0.410 e. The van der Waals surface area contributed by atoms with Gasteiger partial charge in [-0.25, -0.2) is 34.5 Å². The number of carbonyl (C=O) groups is 7. The number of hydrogen-bond donors (Lipinski definition) is 6. The predicted octanol–water partition coefficient (Wildman–Crippen LogP) is 4.46. The molecule has 1 saturated carbocycles. The third kappa shape index (κ3) is 25.1. The fourth-order valence-corrected chi connectivity index (χ4v) is 10.6. The molecular formula is C67H99N19O9. The summed E-state index contributed by atoms with van der Waals surface area (Å²) >= 11 is 0. The summed E-state index contributed by atoms with van der Waals surface area (Å²) in [5.41, 5.74) is 35.3. The molecule has 5 fully saturated rings. The first-order valence-electron chi connectivity index (χ1n) is 32.2. The molecule has 5 aliphatic rings. The number of carbonyl (C=O) groups excluding carboxylic acids is 7. The Morgan fingerprint density at radius 1 is 0.495 bits per heavy atom. The fourth-order valence-electron chi connectivity index (χ4n) is 10.6. The van der Waals surface area contributed by atoms with Gasteiger partial charge in [-0.15, -0.1) is 0 Å². The number of likely N-dealkylation sites (tertiary alicyclic amines) is 1. The van der Waals surface area contributed by atoms with E-state index in [9.17, 15) is 33.6 Å². The van der Waals surface area contributed by atoms with Crippen LogP contribution in [0.5, 0.6) is 0 Å². The number of rotatable bonds is 11. The number of piperidine rings is 1. The number of primary amides is 1. The van der Waals surface area contributed by atoms with E-state index in [0.29, 0.717) is 111 Å². The molecule has 28 nitrogen and oxygen atoms in total. The molecule has 0 atom stereocenters. The van der Waals surface area contributed by atoms with Gasteiger partial charge < -0.3 is 78.2 Å². The summed E-state index contributed by atoms with van der Waals surface area (Å²) in [7, 11) is 6.24. The zero-order chi connectivity index (χ0) is 69.6. The predicted molar refractivity (Wildman–Crippen MR) is 365 cm³/mol. The van der Waals surface area contributed by atoms with Crippen molar-refractivity contribution >= 4 is 70.8 Å². The molecule has 0 unspecified atom stereocenters. The van der Waals surface area contributed by atoms with Crippen LogP contribution in [-0.2, 0) is 43.1 Å².